The van der Waals surface area contributed by atoms with Crippen LogP contribution in [0.5, 0.6) is 0 Å². The molecule has 0 bridgehead atoms. The van der Waals surface area contributed by atoms with Gasteiger partial charge < -0.3 is 25.7 Å². The van der Waals surface area contributed by atoms with Gasteiger partial charge in [0.05, 0.1) is 19.4 Å². The third kappa shape index (κ3) is 6.23. The van der Waals surface area contributed by atoms with E-state index in [1.165, 1.54) is 6.26 Å². The Balaban J connectivity index is 1.42. The summed E-state index contributed by atoms with van der Waals surface area (Å²) < 4.78 is 5.14. The van der Waals surface area contributed by atoms with Crippen molar-refractivity contribution < 1.29 is 18.8 Å². The van der Waals surface area contributed by atoms with E-state index in [2.05, 4.69) is 21.3 Å². The van der Waals surface area contributed by atoms with Crippen molar-refractivity contribution in [3.05, 3.63) is 83.8 Å². The van der Waals surface area contributed by atoms with Gasteiger partial charge in [0.1, 0.15) is 5.76 Å². The van der Waals surface area contributed by atoms with Crippen LogP contribution >= 0.6 is 0 Å². The van der Waals surface area contributed by atoms with Crippen LogP contribution in [0.15, 0.2) is 71.3 Å². The standard InChI is InChI=1S/C22H22N4O4/c1-15-4-2-5-16(12-15)21(28)23-14-20(27)25-17-7-9-18(10-8-17)26-22(29)24-13-19-6-3-11-30-19/h2-12H,13-14H2,1H3,(H,23,28)(H,25,27)(H2,24,26,29). The van der Waals surface area contributed by atoms with Gasteiger partial charge in [-0.2, -0.15) is 0 Å². The van der Waals surface area contributed by atoms with Crippen molar-refractivity contribution in [1.82, 2.24) is 10.6 Å². The maximum atomic E-state index is 12.1. The molecular formula is C22H22N4O4. The van der Waals surface area contributed by atoms with Crippen LogP contribution < -0.4 is 21.3 Å². The molecular weight excluding hydrogens is 384 g/mol. The second-order valence-corrected chi connectivity index (χ2v) is 6.56. The average molecular weight is 406 g/mol. The second kappa shape index (κ2) is 9.92. The van der Waals surface area contributed by atoms with E-state index in [0.29, 0.717) is 22.7 Å². The van der Waals surface area contributed by atoms with Crippen LogP contribution in [-0.4, -0.2) is 24.4 Å². The number of carbonyl (C=O) groups is 3. The zero-order valence-corrected chi connectivity index (χ0v) is 16.4. The van der Waals surface area contributed by atoms with Crippen molar-refractivity contribution in [3.63, 3.8) is 0 Å². The number of amides is 4. The lowest BCUT2D eigenvalue weighted by molar-refractivity contribution is -0.115. The highest BCUT2D eigenvalue weighted by Crippen LogP contribution is 2.13. The minimum atomic E-state index is -0.373. The Hall–Kier alpha value is -4.07. The maximum Gasteiger partial charge on any atom is 0.319 e. The summed E-state index contributed by atoms with van der Waals surface area (Å²) in [6, 6.07) is 16.9. The van der Waals surface area contributed by atoms with E-state index in [0.717, 1.165) is 5.56 Å². The monoisotopic (exact) mass is 406 g/mol. The molecule has 8 heteroatoms. The van der Waals surface area contributed by atoms with Crippen LogP contribution in [0.25, 0.3) is 0 Å². The molecule has 0 saturated carbocycles. The van der Waals surface area contributed by atoms with E-state index in [-0.39, 0.29) is 30.9 Å². The molecule has 0 aliphatic carbocycles. The summed E-state index contributed by atoms with van der Waals surface area (Å²) >= 11 is 0. The van der Waals surface area contributed by atoms with E-state index < -0.39 is 0 Å². The number of nitrogens with one attached hydrogen (secondary N) is 4. The highest BCUT2D eigenvalue weighted by molar-refractivity contribution is 5.99. The number of aryl methyl sites for hydroxylation is 1. The first-order valence-electron chi connectivity index (χ1n) is 9.31. The third-order valence-electron chi connectivity index (χ3n) is 4.12. The summed E-state index contributed by atoms with van der Waals surface area (Å²) in [5.41, 5.74) is 2.59. The Bertz CT molecular complexity index is 1010. The fraction of sp³-hybridized carbons (Fsp3) is 0.136. The van der Waals surface area contributed by atoms with Gasteiger partial charge in [0.2, 0.25) is 5.91 Å². The van der Waals surface area contributed by atoms with Gasteiger partial charge in [-0.3, -0.25) is 9.59 Å². The molecule has 3 aromatic rings. The lowest BCUT2D eigenvalue weighted by Crippen LogP contribution is -2.32. The summed E-state index contributed by atoms with van der Waals surface area (Å²) in [5, 5.41) is 10.6. The van der Waals surface area contributed by atoms with Crippen molar-refractivity contribution in [3.8, 4) is 0 Å². The molecule has 154 valence electrons. The molecule has 0 spiro atoms. The minimum absolute atomic E-state index is 0.151. The van der Waals surface area contributed by atoms with E-state index >= 15 is 0 Å². The first-order chi connectivity index (χ1) is 14.5. The molecule has 2 aromatic carbocycles. The van der Waals surface area contributed by atoms with Crippen molar-refractivity contribution in [2.24, 2.45) is 0 Å². The van der Waals surface area contributed by atoms with Gasteiger partial charge in [0.15, 0.2) is 0 Å². The van der Waals surface area contributed by atoms with Gasteiger partial charge in [-0.25, -0.2) is 4.79 Å². The molecule has 0 saturated heterocycles. The van der Waals surface area contributed by atoms with Crippen molar-refractivity contribution in [2.45, 2.75) is 13.5 Å². The molecule has 0 aliphatic rings. The maximum absolute atomic E-state index is 12.1. The zero-order valence-electron chi connectivity index (χ0n) is 16.4. The Morgan fingerprint density at radius 2 is 1.60 bits per heavy atom. The normalized spacial score (nSPS) is 10.2. The Morgan fingerprint density at radius 3 is 2.27 bits per heavy atom. The molecule has 0 aliphatic heterocycles. The Labute approximate surface area is 173 Å². The molecule has 4 N–H and O–H groups in total. The number of urea groups is 1. The van der Waals surface area contributed by atoms with Crippen molar-refractivity contribution in [1.29, 1.82) is 0 Å². The predicted molar refractivity (Wildman–Crippen MR) is 113 cm³/mol. The van der Waals surface area contributed by atoms with E-state index in [9.17, 15) is 14.4 Å². The number of carbonyl (C=O) groups excluding carboxylic acids is 3. The first-order valence-corrected chi connectivity index (χ1v) is 9.31. The highest BCUT2D eigenvalue weighted by atomic mass is 16.3. The molecule has 3 rings (SSSR count). The predicted octanol–water partition coefficient (Wildman–Crippen LogP) is 3.28. The van der Waals surface area contributed by atoms with Crippen molar-refractivity contribution in [2.75, 3.05) is 17.2 Å². The average Bonchev–Trinajstić information content (AvgIpc) is 3.26. The summed E-state index contributed by atoms with van der Waals surface area (Å²) in [5.74, 6) is -0.0143. The minimum Gasteiger partial charge on any atom is -0.467 e. The molecule has 30 heavy (non-hydrogen) atoms. The molecule has 0 atom stereocenters. The molecule has 8 nitrogen and oxygen atoms in total. The van der Waals surface area contributed by atoms with E-state index in [1.807, 2.05) is 13.0 Å². The van der Waals surface area contributed by atoms with Crippen LogP contribution in [0.2, 0.25) is 0 Å². The molecule has 4 amide bonds. The van der Waals surface area contributed by atoms with Gasteiger partial charge in [-0.1, -0.05) is 17.7 Å². The molecule has 1 aromatic heterocycles. The van der Waals surface area contributed by atoms with Crippen LogP contribution in [0.4, 0.5) is 16.2 Å². The molecule has 0 fully saturated rings. The van der Waals surface area contributed by atoms with E-state index in [1.54, 1.807) is 54.6 Å². The number of furan rings is 1. The van der Waals surface area contributed by atoms with Crippen LogP contribution in [0.1, 0.15) is 21.7 Å². The van der Waals surface area contributed by atoms with E-state index in [4.69, 9.17) is 4.42 Å². The number of hydrogen-bond donors (Lipinski definition) is 4. The molecule has 0 unspecified atom stereocenters. The second-order valence-electron chi connectivity index (χ2n) is 6.56. The number of benzene rings is 2. The zero-order chi connectivity index (χ0) is 21.3. The fourth-order valence-corrected chi connectivity index (χ4v) is 2.65. The highest BCUT2D eigenvalue weighted by Gasteiger charge is 2.09. The van der Waals surface area contributed by atoms with Gasteiger partial charge in [0, 0.05) is 16.9 Å². The third-order valence-corrected chi connectivity index (χ3v) is 4.12. The Kier molecular flexibility index (Phi) is 6.83. The first kappa shape index (κ1) is 20.7. The lowest BCUT2D eigenvalue weighted by atomic mass is 10.1. The van der Waals surface area contributed by atoms with Gasteiger partial charge >= 0.3 is 6.03 Å². The smallest absolute Gasteiger partial charge is 0.319 e. The van der Waals surface area contributed by atoms with Crippen LogP contribution in [-0.2, 0) is 11.3 Å². The summed E-state index contributed by atoms with van der Waals surface area (Å²) in [6.45, 7) is 2.02. The molecule has 1 heterocycles. The van der Waals surface area contributed by atoms with Gasteiger partial charge in [0.25, 0.3) is 5.91 Å². The number of anilines is 2. The largest absolute Gasteiger partial charge is 0.467 e. The topological polar surface area (TPSA) is 112 Å². The van der Waals surface area contributed by atoms with Crippen LogP contribution in [0, 0.1) is 6.92 Å². The quantitative estimate of drug-likeness (QED) is 0.482. The van der Waals surface area contributed by atoms with Gasteiger partial charge in [-0.15, -0.1) is 0 Å². The molecule has 0 radical (unpaired) electrons. The number of rotatable bonds is 7. The van der Waals surface area contributed by atoms with Gasteiger partial charge in [-0.05, 0) is 55.5 Å². The SMILES string of the molecule is Cc1cccc(C(=O)NCC(=O)Nc2ccc(NC(=O)NCc3ccco3)cc2)c1. The fourth-order valence-electron chi connectivity index (χ4n) is 2.65. The summed E-state index contributed by atoms with van der Waals surface area (Å²) in [7, 11) is 0. The van der Waals surface area contributed by atoms with Crippen LogP contribution in [0.3, 0.4) is 0 Å². The summed E-state index contributed by atoms with van der Waals surface area (Å²) in [4.78, 5) is 36.0. The lowest BCUT2D eigenvalue weighted by Gasteiger charge is -2.09. The number of hydrogen-bond acceptors (Lipinski definition) is 4. The Morgan fingerprint density at radius 1 is 0.867 bits per heavy atom. The summed E-state index contributed by atoms with van der Waals surface area (Å²) in [6.07, 6.45) is 1.54. The van der Waals surface area contributed by atoms with Crippen molar-refractivity contribution >= 4 is 29.2 Å².